The summed E-state index contributed by atoms with van der Waals surface area (Å²) in [5, 5.41) is 3.57. The molecule has 1 saturated heterocycles. The molecule has 2 heterocycles. The van der Waals surface area contributed by atoms with Crippen LogP contribution >= 0.6 is 11.8 Å². The molecule has 1 saturated carbocycles. The fourth-order valence-electron chi connectivity index (χ4n) is 4.51. The zero-order chi connectivity index (χ0) is 16.4. The number of anilines is 1. The van der Waals surface area contributed by atoms with Crippen LogP contribution in [0, 0.1) is 0 Å². The van der Waals surface area contributed by atoms with Gasteiger partial charge in [-0.05, 0) is 25.0 Å². The molecule has 0 radical (unpaired) electrons. The number of fused-ring (bicyclic) bond motifs is 1. The van der Waals surface area contributed by atoms with Crippen LogP contribution in [0.25, 0.3) is 0 Å². The summed E-state index contributed by atoms with van der Waals surface area (Å²) in [7, 11) is 0. The van der Waals surface area contributed by atoms with E-state index in [1.54, 1.807) is 0 Å². The molecule has 2 fully saturated rings. The second-order valence-corrected chi connectivity index (χ2v) is 8.38. The molecule has 1 amide bonds. The van der Waals surface area contributed by atoms with Crippen LogP contribution in [0.2, 0.25) is 0 Å². The van der Waals surface area contributed by atoms with Gasteiger partial charge in [0.25, 0.3) is 0 Å². The number of benzene rings is 1. The summed E-state index contributed by atoms with van der Waals surface area (Å²) in [5.41, 5.74) is 1.32. The van der Waals surface area contributed by atoms with E-state index in [1.165, 1.54) is 37.0 Å². The highest BCUT2D eigenvalue weighted by atomic mass is 32.2. The van der Waals surface area contributed by atoms with Crippen LogP contribution in [0.5, 0.6) is 0 Å². The smallest absolute Gasteiger partial charge is 0.241 e. The minimum atomic E-state index is 0.218. The number of carbonyl (C=O) groups excluding carboxylic acids is 1. The van der Waals surface area contributed by atoms with Gasteiger partial charge in [0.05, 0.1) is 12.2 Å². The summed E-state index contributed by atoms with van der Waals surface area (Å²) >= 11 is 1.86. The second kappa shape index (κ2) is 7.06. The Labute approximate surface area is 149 Å². The first-order valence-corrected chi connectivity index (χ1v) is 10.3. The van der Waals surface area contributed by atoms with Crippen molar-refractivity contribution in [2.24, 2.45) is 0 Å². The first-order chi connectivity index (χ1) is 11.8. The highest BCUT2D eigenvalue weighted by Gasteiger charge is 2.41. The van der Waals surface area contributed by atoms with E-state index < -0.39 is 0 Å². The Morgan fingerprint density at radius 3 is 2.88 bits per heavy atom. The standard InChI is InChI=1S/C19H27N3OS/c23-18(22-12-13-24-17-7-3-2-6-16(17)22)14-21-11-10-20-15-19(21)8-4-1-5-9-19/h2-3,6-7,20H,1,4-5,8-15H2. The van der Waals surface area contributed by atoms with Gasteiger partial charge in [0, 0.05) is 42.4 Å². The second-order valence-electron chi connectivity index (χ2n) is 7.24. The lowest BCUT2D eigenvalue weighted by molar-refractivity contribution is -0.122. The number of para-hydroxylation sites is 1. The van der Waals surface area contributed by atoms with Gasteiger partial charge in [-0.25, -0.2) is 0 Å². The Balaban J connectivity index is 1.51. The summed E-state index contributed by atoms with van der Waals surface area (Å²) in [4.78, 5) is 18.9. The van der Waals surface area contributed by atoms with Crippen LogP contribution in [0.3, 0.4) is 0 Å². The van der Waals surface area contributed by atoms with E-state index in [4.69, 9.17) is 0 Å². The maximum atomic E-state index is 13.1. The third-order valence-electron chi connectivity index (χ3n) is 5.82. The molecule has 4 rings (SSSR count). The van der Waals surface area contributed by atoms with E-state index in [0.717, 1.165) is 37.6 Å². The van der Waals surface area contributed by atoms with Gasteiger partial charge in [-0.1, -0.05) is 31.4 Å². The number of nitrogens with zero attached hydrogens (tertiary/aromatic N) is 2. The van der Waals surface area contributed by atoms with Gasteiger partial charge >= 0.3 is 0 Å². The van der Waals surface area contributed by atoms with E-state index >= 15 is 0 Å². The Kier molecular flexibility index (Phi) is 4.83. The van der Waals surface area contributed by atoms with Crippen LogP contribution in [-0.2, 0) is 4.79 Å². The Morgan fingerprint density at radius 1 is 1.17 bits per heavy atom. The number of rotatable bonds is 2. The lowest BCUT2D eigenvalue weighted by atomic mass is 9.79. The van der Waals surface area contributed by atoms with Gasteiger partial charge < -0.3 is 10.2 Å². The summed E-state index contributed by atoms with van der Waals surface area (Å²) in [6.07, 6.45) is 6.42. The van der Waals surface area contributed by atoms with Crippen molar-refractivity contribution < 1.29 is 4.79 Å². The fraction of sp³-hybridized carbons (Fsp3) is 0.632. The molecule has 0 bridgehead atoms. The maximum absolute atomic E-state index is 13.1. The van der Waals surface area contributed by atoms with Gasteiger partial charge in [-0.3, -0.25) is 9.69 Å². The van der Waals surface area contributed by atoms with Crippen molar-refractivity contribution in [3.8, 4) is 0 Å². The quantitative estimate of drug-likeness (QED) is 0.894. The van der Waals surface area contributed by atoms with Crippen molar-refractivity contribution in [3.05, 3.63) is 24.3 Å². The normalized spacial score (nSPS) is 23.9. The summed E-state index contributed by atoms with van der Waals surface area (Å²) in [6.45, 7) is 4.45. The third kappa shape index (κ3) is 3.09. The summed E-state index contributed by atoms with van der Waals surface area (Å²) in [5.74, 6) is 1.27. The number of thioether (sulfide) groups is 1. The molecule has 0 unspecified atom stereocenters. The first-order valence-electron chi connectivity index (χ1n) is 9.27. The molecule has 130 valence electrons. The van der Waals surface area contributed by atoms with Gasteiger partial charge in [-0.2, -0.15) is 0 Å². The predicted octanol–water partition coefficient (Wildman–Crippen LogP) is 2.73. The molecule has 4 nitrogen and oxygen atoms in total. The number of hydrogen-bond donors (Lipinski definition) is 1. The van der Waals surface area contributed by atoms with Crippen LogP contribution in [0.4, 0.5) is 5.69 Å². The average molecular weight is 346 g/mol. The van der Waals surface area contributed by atoms with Crippen molar-refractivity contribution in [2.75, 3.05) is 43.4 Å². The third-order valence-corrected chi connectivity index (χ3v) is 6.87. The Bertz CT molecular complexity index is 592. The monoisotopic (exact) mass is 345 g/mol. The summed E-state index contributed by atoms with van der Waals surface area (Å²) < 4.78 is 0. The van der Waals surface area contributed by atoms with E-state index in [9.17, 15) is 4.79 Å². The molecule has 1 aromatic carbocycles. The molecular formula is C19H27N3OS. The average Bonchev–Trinajstić information content (AvgIpc) is 2.64. The molecule has 0 atom stereocenters. The maximum Gasteiger partial charge on any atom is 0.241 e. The van der Waals surface area contributed by atoms with Crippen molar-refractivity contribution in [2.45, 2.75) is 42.5 Å². The molecule has 24 heavy (non-hydrogen) atoms. The van der Waals surface area contributed by atoms with Crippen molar-refractivity contribution in [1.82, 2.24) is 10.2 Å². The van der Waals surface area contributed by atoms with Crippen LogP contribution in [0.15, 0.2) is 29.2 Å². The molecule has 5 heteroatoms. The lowest BCUT2D eigenvalue weighted by Crippen LogP contribution is -2.63. The highest BCUT2D eigenvalue weighted by molar-refractivity contribution is 7.99. The first kappa shape index (κ1) is 16.4. The summed E-state index contributed by atoms with van der Waals surface area (Å²) in [6, 6.07) is 8.33. The van der Waals surface area contributed by atoms with Crippen LogP contribution in [-0.4, -0.2) is 54.8 Å². The van der Waals surface area contributed by atoms with Gasteiger partial charge in [-0.15, -0.1) is 11.8 Å². The van der Waals surface area contributed by atoms with E-state index in [-0.39, 0.29) is 11.4 Å². The number of hydrogen-bond acceptors (Lipinski definition) is 4. The molecule has 1 N–H and O–H groups in total. The van der Waals surface area contributed by atoms with Crippen molar-refractivity contribution in [3.63, 3.8) is 0 Å². The van der Waals surface area contributed by atoms with Gasteiger partial charge in [0.2, 0.25) is 5.91 Å². The number of piperazine rings is 1. The van der Waals surface area contributed by atoms with E-state index in [1.807, 2.05) is 22.7 Å². The van der Waals surface area contributed by atoms with E-state index in [2.05, 4.69) is 28.4 Å². The zero-order valence-corrected chi connectivity index (χ0v) is 15.1. The minimum Gasteiger partial charge on any atom is -0.314 e. The molecule has 3 aliphatic rings. The zero-order valence-electron chi connectivity index (χ0n) is 14.3. The van der Waals surface area contributed by atoms with Crippen molar-refractivity contribution >= 4 is 23.4 Å². The molecule has 2 aliphatic heterocycles. The molecule has 1 aromatic rings. The molecule has 0 aromatic heterocycles. The number of nitrogens with one attached hydrogen (secondary N) is 1. The Hall–Kier alpha value is -1.04. The minimum absolute atomic E-state index is 0.218. The van der Waals surface area contributed by atoms with Crippen LogP contribution in [0.1, 0.15) is 32.1 Å². The number of carbonyl (C=O) groups is 1. The SMILES string of the molecule is O=C(CN1CCNCC12CCCCC2)N1CCSc2ccccc21. The largest absolute Gasteiger partial charge is 0.314 e. The lowest BCUT2D eigenvalue weighted by Gasteiger charge is -2.50. The topological polar surface area (TPSA) is 35.6 Å². The number of amides is 1. The molecule has 1 spiro atoms. The van der Waals surface area contributed by atoms with Crippen LogP contribution < -0.4 is 10.2 Å². The molecular weight excluding hydrogens is 318 g/mol. The fourth-order valence-corrected chi connectivity index (χ4v) is 5.51. The van der Waals surface area contributed by atoms with Crippen molar-refractivity contribution in [1.29, 1.82) is 0 Å². The molecule has 1 aliphatic carbocycles. The predicted molar refractivity (Wildman–Crippen MR) is 99.8 cm³/mol. The highest BCUT2D eigenvalue weighted by Crippen LogP contribution is 2.36. The van der Waals surface area contributed by atoms with E-state index in [0.29, 0.717) is 6.54 Å². The Morgan fingerprint density at radius 2 is 2.00 bits per heavy atom. The van der Waals surface area contributed by atoms with Gasteiger partial charge in [0.1, 0.15) is 0 Å². The van der Waals surface area contributed by atoms with Gasteiger partial charge in [0.15, 0.2) is 0 Å².